The van der Waals surface area contributed by atoms with E-state index in [1.807, 2.05) is 0 Å². The highest BCUT2D eigenvalue weighted by Crippen LogP contribution is 2.11. The fourth-order valence-corrected chi connectivity index (χ4v) is 1.34. The minimum atomic E-state index is -3.08. The molecule has 1 aromatic carbocycles. The van der Waals surface area contributed by atoms with Crippen molar-refractivity contribution in [2.75, 3.05) is 19.7 Å². The van der Waals surface area contributed by atoms with E-state index in [1.54, 1.807) is 0 Å². The van der Waals surface area contributed by atoms with Crippen molar-refractivity contribution in [3.63, 3.8) is 0 Å². The lowest BCUT2D eigenvalue weighted by atomic mass is 10.3. The topological polar surface area (TPSA) is 64.3 Å². The Kier molecular flexibility index (Phi) is 6.30. The zero-order valence-corrected chi connectivity index (χ0v) is 10.9. The Morgan fingerprint density at radius 2 is 1.95 bits per heavy atom. The lowest BCUT2D eigenvalue weighted by Gasteiger charge is -2.14. The second kappa shape index (κ2) is 7.74. The predicted octanol–water partition coefficient (Wildman–Crippen LogP) is 1.69. The van der Waals surface area contributed by atoms with Crippen LogP contribution >= 0.6 is 0 Å². The fraction of sp³-hybridized carbons (Fsp3) is 0.462. The normalized spacial score (nSPS) is 11.2. The van der Waals surface area contributed by atoms with Crippen molar-refractivity contribution in [3.8, 4) is 5.75 Å². The van der Waals surface area contributed by atoms with E-state index in [2.05, 4.69) is 5.32 Å². The summed E-state index contributed by atoms with van der Waals surface area (Å²) in [5.74, 6) is -3.44. The van der Waals surface area contributed by atoms with Gasteiger partial charge >= 0.3 is 0 Å². The van der Waals surface area contributed by atoms with E-state index in [4.69, 9.17) is 10.5 Å². The number of hydrogen-bond acceptors (Lipinski definition) is 3. The zero-order valence-electron chi connectivity index (χ0n) is 10.9. The molecule has 7 heteroatoms. The summed E-state index contributed by atoms with van der Waals surface area (Å²) in [4.78, 5) is 11.3. The molecule has 1 rings (SSSR count). The monoisotopic (exact) mass is 290 g/mol. The van der Waals surface area contributed by atoms with Crippen molar-refractivity contribution in [2.45, 2.75) is 18.8 Å². The number of alkyl halides is 2. The minimum Gasteiger partial charge on any atom is -0.494 e. The molecule has 0 unspecified atom stereocenters. The van der Waals surface area contributed by atoms with Gasteiger partial charge in [-0.05, 0) is 30.7 Å². The maximum absolute atomic E-state index is 12.8. The van der Waals surface area contributed by atoms with Gasteiger partial charge in [-0.25, -0.2) is 13.2 Å². The third kappa shape index (κ3) is 6.42. The largest absolute Gasteiger partial charge is 0.494 e. The third-order valence-electron chi connectivity index (χ3n) is 2.47. The van der Waals surface area contributed by atoms with Crippen molar-refractivity contribution in [1.29, 1.82) is 0 Å². The van der Waals surface area contributed by atoms with Gasteiger partial charge in [0.05, 0.1) is 19.7 Å². The minimum absolute atomic E-state index is 0.0713. The number of hydrogen-bond donors (Lipinski definition) is 2. The van der Waals surface area contributed by atoms with Crippen LogP contribution in [0.1, 0.15) is 12.8 Å². The van der Waals surface area contributed by atoms with Gasteiger partial charge in [0.15, 0.2) is 0 Å². The van der Waals surface area contributed by atoms with E-state index in [0.29, 0.717) is 12.2 Å². The molecule has 0 aromatic heterocycles. The molecule has 1 amide bonds. The maximum atomic E-state index is 12.8. The molecule has 20 heavy (non-hydrogen) atoms. The molecule has 0 aliphatic heterocycles. The molecule has 0 spiro atoms. The summed E-state index contributed by atoms with van der Waals surface area (Å²) in [6.45, 7) is -1.32. The first kappa shape index (κ1) is 16.3. The van der Waals surface area contributed by atoms with Gasteiger partial charge in [-0.2, -0.15) is 0 Å². The van der Waals surface area contributed by atoms with Gasteiger partial charge in [-0.1, -0.05) is 0 Å². The van der Waals surface area contributed by atoms with E-state index < -0.39 is 24.9 Å². The van der Waals surface area contributed by atoms with E-state index in [0.717, 1.165) is 0 Å². The van der Waals surface area contributed by atoms with Crippen LogP contribution in [0.25, 0.3) is 0 Å². The second-order valence-electron chi connectivity index (χ2n) is 4.24. The van der Waals surface area contributed by atoms with E-state index in [1.165, 1.54) is 24.3 Å². The Balaban J connectivity index is 2.14. The molecular weight excluding hydrogens is 273 g/mol. The van der Waals surface area contributed by atoms with Crippen LogP contribution in [0, 0.1) is 5.82 Å². The lowest BCUT2D eigenvalue weighted by molar-refractivity contribution is -0.123. The maximum Gasteiger partial charge on any atom is 0.277 e. The number of nitrogens with one attached hydrogen (secondary N) is 1. The van der Waals surface area contributed by atoms with Crippen molar-refractivity contribution in [2.24, 2.45) is 5.73 Å². The van der Waals surface area contributed by atoms with Crippen LogP contribution in [0.5, 0.6) is 5.75 Å². The summed E-state index contributed by atoms with van der Waals surface area (Å²) in [7, 11) is 0. The van der Waals surface area contributed by atoms with Gasteiger partial charge in [-0.15, -0.1) is 0 Å². The number of benzene rings is 1. The second-order valence-corrected chi connectivity index (χ2v) is 4.24. The zero-order chi connectivity index (χ0) is 15.0. The first-order chi connectivity index (χ1) is 9.43. The molecule has 0 radical (unpaired) electrons. The molecule has 3 N–H and O–H groups in total. The molecule has 4 nitrogen and oxygen atoms in total. The quantitative estimate of drug-likeness (QED) is 0.716. The molecule has 0 bridgehead atoms. The highest BCUT2D eigenvalue weighted by atomic mass is 19.3. The molecule has 0 saturated heterocycles. The average Bonchev–Trinajstić information content (AvgIpc) is 2.43. The summed E-state index contributed by atoms with van der Waals surface area (Å²) in [5, 5.41) is 2.11. The summed E-state index contributed by atoms with van der Waals surface area (Å²) < 4.78 is 43.4. The standard InChI is InChI=1S/C13H17F3N2O2/c14-10-3-5-11(6-4-10)20-7-1-2-12(19)18-9-13(15,16)8-17/h3-6H,1-2,7-9,17H2,(H,18,19). The van der Waals surface area contributed by atoms with Crippen molar-refractivity contribution >= 4 is 5.91 Å². The molecular formula is C13H17F3N2O2. The molecule has 0 fully saturated rings. The molecule has 0 heterocycles. The van der Waals surface area contributed by atoms with Crippen LogP contribution in [0.15, 0.2) is 24.3 Å². The van der Waals surface area contributed by atoms with Crippen LogP contribution in [-0.2, 0) is 4.79 Å². The summed E-state index contributed by atoms with van der Waals surface area (Å²) in [6, 6.07) is 5.46. The Hall–Kier alpha value is -1.76. The first-order valence-corrected chi connectivity index (χ1v) is 6.16. The van der Waals surface area contributed by atoms with Gasteiger partial charge in [0.1, 0.15) is 11.6 Å². The van der Waals surface area contributed by atoms with E-state index >= 15 is 0 Å². The van der Waals surface area contributed by atoms with Crippen molar-refractivity contribution in [3.05, 3.63) is 30.1 Å². The molecule has 0 aliphatic rings. The Labute approximate surface area is 115 Å². The third-order valence-corrected chi connectivity index (χ3v) is 2.47. The van der Waals surface area contributed by atoms with Crippen LogP contribution in [0.4, 0.5) is 13.2 Å². The number of amides is 1. The molecule has 0 aliphatic carbocycles. The highest BCUT2D eigenvalue weighted by molar-refractivity contribution is 5.75. The van der Waals surface area contributed by atoms with Gasteiger partial charge in [-0.3, -0.25) is 4.79 Å². The molecule has 112 valence electrons. The number of rotatable bonds is 8. The smallest absolute Gasteiger partial charge is 0.277 e. The van der Waals surface area contributed by atoms with Crippen LogP contribution < -0.4 is 15.8 Å². The number of carbonyl (C=O) groups is 1. The summed E-state index contributed by atoms with van der Waals surface area (Å²) in [5.41, 5.74) is 4.84. The average molecular weight is 290 g/mol. The number of ether oxygens (including phenoxy) is 1. The van der Waals surface area contributed by atoms with E-state index in [9.17, 15) is 18.0 Å². The Morgan fingerprint density at radius 3 is 2.55 bits per heavy atom. The predicted molar refractivity (Wildman–Crippen MR) is 68.1 cm³/mol. The van der Waals surface area contributed by atoms with Gasteiger partial charge in [0.2, 0.25) is 5.91 Å². The highest BCUT2D eigenvalue weighted by Gasteiger charge is 2.26. The SMILES string of the molecule is NCC(F)(F)CNC(=O)CCCOc1ccc(F)cc1. The van der Waals surface area contributed by atoms with E-state index in [-0.39, 0.29) is 18.8 Å². The first-order valence-electron chi connectivity index (χ1n) is 6.16. The molecule has 0 saturated carbocycles. The van der Waals surface area contributed by atoms with Gasteiger partial charge < -0.3 is 15.8 Å². The molecule has 1 aromatic rings. The lowest BCUT2D eigenvalue weighted by Crippen LogP contribution is -2.41. The molecule has 0 atom stereocenters. The van der Waals surface area contributed by atoms with Crippen LogP contribution in [0.2, 0.25) is 0 Å². The van der Waals surface area contributed by atoms with Crippen molar-refractivity contribution in [1.82, 2.24) is 5.32 Å². The number of nitrogens with two attached hydrogens (primary N) is 1. The summed E-state index contributed by atoms with van der Waals surface area (Å²) >= 11 is 0. The number of carbonyl (C=O) groups excluding carboxylic acids is 1. The van der Waals surface area contributed by atoms with Gasteiger partial charge in [0.25, 0.3) is 5.92 Å². The van der Waals surface area contributed by atoms with Gasteiger partial charge in [0, 0.05) is 6.42 Å². The Morgan fingerprint density at radius 1 is 1.30 bits per heavy atom. The van der Waals surface area contributed by atoms with Crippen LogP contribution in [0.3, 0.4) is 0 Å². The van der Waals surface area contributed by atoms with Crippen molar-refractivity contribution < 1.29 is 22.7 Å². The Bertz CT molecular complexity index is 424. The van der Waals surface area contributed by atoms with Crippen LogP contribution in [-0.4, -0.2) is 31.5 Å². The summed E-state index contributed by atoms with van der Waals surface area (Å²) in [6.07, 6.45) is 0.444. The fourth-order valence-electron chi connectivity index (χ4n) is 1.34. The number of halogens is 3.